The van der Waals surface area contributed by atoms with Crippen LogP contribution in [0.2, 0.25) is 0 Å². The maximum atomic E-state index is 13.5. The molecule has 3 aliphatic rings. The van der Waals surface area contributed by atoms with Gasteiger partial charge >= 0.3 is 11.9 Å². The fourth-order valence-electron chi connectivity index (χ4n) is 8.39. The number of phenols is 1. The van der Waals surface area contributed by atoms with E-state index in [4.69, 9.17) is 38.3 Å². The van der Waals surface area contributed by atoms with Gasteiger partial charge in [0.25, 0.3) is 0 Å². The van der Waals surface area contributed by atoms with E-state index in [1.165, 1.54) is 45.1 Å². The van der Waals surface area contributed by atoms with Crippen LogP contribution in [0.3, 0.4) is 0 Å². The third-order valence-corrected chi connectivity index (χ3v) is 10.8. The van der Waals surface area contributed by atoms with Crippen LogP contribution < -0.4 is 18.9 Å². The molecule has 0 unspecified atom stereocenters. The Labute approximate surface area is 303 Å². The molecule has 12 heteroatoms. The molecule has 2 fully saturated rings. The van der Waals surface area contributed by atoms with E-state index < -0.39 is 24.1 Å². The largest absolute Gasteiger partial charge is 0.508 e. The molecule has 1 aromatic heterocycles. The van der Waals surface area contributed by atoms with Gasteiger partial charge < -0.3 is 43.2 Å². The number of hydrogen-bond acceptors (Lipinski definition) is 11. The number of methoxy groups -OCH3 is 6. The number of aromatic amines is 1. The van der Waals surface area contributed by atoms with Crippen molar-refractivity contribution in [3.05, 3.63) is 77.0 Å². The molecule has 2 aliphatic heterocycles. The van der Waals surface area contributed by atoms with E-state index in [-0.39, 0.29) is 29.4 Å². The summed E-state index contributed by atoms with van der Waals surface area (Å²) in [5.41, 5.74) is 4.92. The minimum atomic E-state index is -0.670. The number of H-pyrrole nitrogens is 1. The molecule has 0 radical (unpaired) electrons. The second-order valence-electron chi connectivity index (χ2n) is 13.5. The van der Waals surface area contributed by atoms with Gasteiger partial charge in [-0.1, -0.05) is 12.1 Å². The highest BCUT2D eigenvalue weighted by Gasteiger charge is 2.54. The highest BCUT2D eigenvalue weighted by Crippen LogP contribution is 2.51. The Morgan fingerprint density at radius 1 is 0.885 bits per heavy atom. The summed E-state index contributed by atoms with van der Waals surface area (Å²) >= 11 is 0. The van der Waals surface area contributed by atoms with Gasteiger partial charge in [-0.05, 0) is 85.5 Å². The molecule has 0 bridgehead atoms. The molecule has 1 saturated carbocycles. The molecule has 3 heterocycles. The molecule has 0 spiro atoms. The Balaban J connectivity index is 0.000000514. The lowest BCUT2D eigenvalue weighted by atomic mass is 9.63. The summed E-state index contributed by atoms with van der Waals surface area (Å²) in [6.45, 7) is 3.63. The molecule has 6 atom stereocenters. The SMILES string of the molecule is COC(=O)[C@H]1[C@H]2C[C@@H]3c4[nH]c5cc(OC)ccc5c4CCN3C[C@H]2C[C@@H](OC(=O)c2cc(OC)c(OC)c(OC)c2)[C@@H]1OC.Cc1cccc(O)c1. The van der Waals surface area contributed by atoms with Crippen LogP contribution in [0.15, 0.2) is 54.6 Å². The third-order valence-electron chi connectivity index (χ3n) is 10.8. The highest BCUT2D eigenvalue weighted by molar-refractivity contribution is 5.91. The van der Waals surface area contributed by atoms with Gasteiger partial charge in [0.1, 0.15) is 23.7 Å². The minimum Gasteiger partial charge on any atom is -0.508 e. The molecule has 0 amide bonds. The summed E-state index contributed by atoms with van der Waals surface area (Å²) in [5, 5.41) is 10.0. The van der Waals surface area contributed by atoms with Gasteiger partial charge in [-0.25, -0.2) is 4.79 Å². The molecule has 12 nitrogen and oxygen atoms in total. The summed E-state index contributed by atoms with van der Waals surface area (Å²) in [6, 6.07) is 16.5. The maximum Gasteiger partial charge on any atom is 0.338 e. The number of phenolic OH excluding ortho intramolecular Hbond substituents is 1. The molecule has 1 aliphatic carbocycles. The molecule has 278 valence electrons. The summed E-state index contributed by atoms with van der Waals surface area (Å²) in [7, 11) is 9.10. The van der Waals surface area contributed by atoms with Crippen molar-refractivity contribution < 1.29 is 47.9 Å². The Morgan fingerprint density at radius 3 is 2.23 bits per heavy atom. The van der Waals surface area contributed by atoms with Crippen LogP contribution >= 0.6 is 0 Å². The number of nitrogens with one attached hydrogen (secondary N) is 1. The summed E-state index contributed by atoms with van der Waals surface area (Å²) in [6.07, 6.45) is 0.920. The monoisotopic (exact) mass is 716 g/mol. The number of esters is 2. The highest BCUT2D eigenvalue weighted by atomic mass is 16.6. The lowest BCUT2D eigenvalue weighted by molar-refractivity contribution is -0.176. The van der Waals surface area contributed by atoms with Crippen molar-refractivity contribution in [3.63, 3.8) is 0 Å². The Bertz CT molecular complexity index is 1860. The number of rotatable bonds is 8. The first kappa shape index (κ1) is 36.8. The molecular weight excluding hydrogens is 668 g/mol. The number of nitrogens with zero attached hydrogens (tertiary/aromatic N) is 1. The number of aromatic nitrogens is 1. The number of fused-ring (bicyclic) bond motifs is 6. The molecule has 3 aromatic carbocycles. The standard InChI is InChI=1S/C33H40N2O9.C7H8O/c1-38-19-7-8-20-21-9-10-35-16-18-13-27(44-32(36)17-11-25(39-2)30(41-4)26(12-17)40-3)31(42-5)28(33(37)43-6)22(18)15-24(35)29(21)34-23(20)14-19;1-6-3-2-4-7(8)5-6/h7-8,11-12,14,18,22,24,27-28,31,34H,9-10,13,15-16H2,1-6H3;2-5,8H,1H3/t18-,22+,24-,27-,28+,31+;/m1./s1. The molecule has 2 N–H and O–H groups in total. The van der Waals surface area contributed by atoms with E-state index in [1.54, 1.807) is 38.5 Å². The van der Waals surface area contributed by atoms with Crippen LogP contribution in [-0.4, -0.2) is 94.9 Å². The number of carbonyl (C=O) groups is 2. The van der Waals surface area contributed by atoms with Crippen molar-refractivity contribution in [2.45, 2.75) is 44.4 Å². The Morgan fingerprint density at radius 2 is 1.63 bits per heavy atom. The average molecular weight is 717 g/mol. The van der Waals surface area contributed by atoms with Crippen molar-refractivity contribution in [3.8, 4) is 28.7 Å². The van der Waals surface area contributed by atoms with Crippen molar-refractivity contribution in [1.29, 1.82) is 0 Å². The van der Waals surface area contributed by atoms with E-state index in [0.29, 0.717) is 29.4 Å². The fraction of sp³-hybridized carbons (Fsp3) is 0.450. The van der Waals surface area contributed by atoms with Crippen molar-refractivity contribution in [2.75, 3.05) is 55.7 Å². The summed E-state index contributed by atoms with van der Waals surface area (Å²) in [5.74, 6) is 0.779. The zero-order valence-corrected chi connectivity index (χ0v) is 30.8. The summed E-state index contributed by atoms with van der Waals surface area (Å²) in [4.78, 5) is 33.1. The predicted octanol–water partition coefficient (Wildman–Crippen LogP) is 5.87. The fourth-order valence-corrected chi connectivity index (χ4v) is 8.39. The van der Waals surface area contributed by atoms with Crippen LogP contribution in [0.5, 0.6) is 28.7 Å². The number of aryl methyl sites for hydroxylation is 1. The van der Waals surface area contributed by atoms with Gasteiger partial charge in [0.15, 0.2) is 11.5 Å². The van der Waals surface area contributed by atoms with Gasteiger partial charge in [-0.15, -0.1) is 0 Å². The number of ether oxygens (including phenoxy) is 7. The van der Waals surface area contributed by atoms with Crippen molar-refractivity contribution in [2.24, 2.45) is 17.8 Å². The van der Waals surface area contributed by atoms with Crippen LogP contribution in [0.1, 0.15) is 46.1 Å². The van der Waals surface area contributed by atoms with Gasteiger partial charge in [0.05, 0.1) is 53.1 Å². The Hall–Kier alpha value is -4.94. The topological polar surface area (TPSA) is 138 Å². The molecule has 7 rings (SSSR count). The van der Waals surface area contributed by atoms with Crippen LogP contribution in [-0.2, 0) is 25.4 Å². The number of carbonyl (C=O) groups excluding carboxylic acids is 2. The minimum absolute atomic E-state index is 0.0170. The van der Waals surface area contributed by atoms with E-state index in [0.717, 1.165) is 42.8 Å². The zero-order chi connectivity index (χ0) is 37.1. The van der Waals surface area contributed by atoms with Gasteiger partial charge in [0, 0.05) is 42.9 Å². The number of benzene rings is 3. The summed E-state index contributed by atoms with van der Waals surface area (Å²) < 4.78 is 39.1. The average Bonchev–Trinajstić information content (AvgIpc) is 3.54. The second kappa shape index (κ2) is 15.7. The van der Waals surface area contributed by atoms with Gasteiger partial charge in [-0.2, -0.15) is 0 Å². The van der Waals surface area contributed by atoms with Gasteiger partial charge in [-0.3, -0.25) is 9.69 Å². The first-order chi connectivity index (χ1) is 25.1. The smallest absolute Gasteiger partial charge is 0.338 e. The van der Waals surface area contributed by atoms with Crippen LogP contribution in [0.4, 0.5) is 0 Å². The molecule has 52 heavy (non-hydrogen) atoms. The van der Waals surface area contributed by atoms with Gasteiger partial charge in [0.2, 0.25) is 5.75 Å². The van der Waals surface area contributed by atoms with E-state index >= 15 is 0 Å². The van der Waals surface area contributed by atoms with E-state index in [2.05, 4.69) is 16.0 Å². The Kier molecular flexibility index (Phi) is 11.2. The van der Waals surface area contributed by atoms with E-state index in [9.17, 15) is 9.59 Å². The van der Waals surface area contributed by atoms with Crippen LogP contribution in [0, 0.1) is 24.7 Å². The third kappa shape index (κ3) is 7.09. The molecule has 4 aromatic rings. The first-order valence-electron chi connectivity index (χ1n) is 17.4. The second-order valence-corrected chi connectivity index (χ2v) is 13.5. The predicted molar refractivity (Wildman–Crippen MR) is 194 cm³/mol. The number of aromatic hydroxyl groups is 1. The quantitative estimate of drug-likeness (QED) is 0.212. The van der Waals surface area contributed by atoms with E-state index in [1.807, 2.05) is 31.2 Å². The normalized spacial score (nSPS) is 23.5. The van der Waals surface area contributed by atoms with Crippen molar-refractivity contribution in [1.82, 2.24) is 9.88 Å². The zero-order valence-electron chi connectivity index (χ0n) is 30.8. The number of hydrogen-bond donors (Lipinski definition) is 2. The lowest BCUT2D eigenvalue weighted by Crippen LogP contribution is -2.58. The van der Waals surface area contributed by atoms with Crippen LogP contribution in [0.25, 0.3) is 10.9 Å². The molecule has 1 saturated heterocycles. The number of piperidine rings is 1. The first-order valence-corrected chi connectivity index (χ1v) is 17.4. The molecular formula is C40H48N2O10. The van der Waals surface area contributed by atoms with Crippen molar-refractivity contribution >= 4 is 22.8 Å². The lowest BCUT2D eigenvalue weighted by Gasteiger charge is -2.52. The maximum absolute atomic E-state index is 13.5.